The monoisotopic (exact) mass is 452 g/mol. The number of hydrogen-bond acceptors (Lipinski definition) is 7. The summed E-state index contributed by atoms with van der Waals surface area (Å²) in [6.45, 7) is 5.88. The van der Waals surface area contributed by atoms with Crippen LogP contribution in [0.1, 0.15) is 31.9 Å². The Bertz CT molecular complexity index is 987. The van der Waals surface area contributed by atoms with Gasteiger partial charge in [0.05, 0.1) is 11.8 Å². The molecule has 0 aliphatic carbocycles. The number of aliphatic hydroxyl groups is 1. The van der Waals surface area contributed by atoms with Crippen molar-refractivity contribution in [2.24, 2.45) is 5.73 Å². The molecule has 0 saturated carbocycles. The lowest BCUT2D eigenvalue weighted by Crippen LogP contribution is -2.51. The van der Waals surface area contributed by atoms with E-state index >= 15 is 0 Å². The first-order valence-electron chi connectivity index (χ1n) is 10.9. The van der Waals surface area contributed by atoms with E-state index < -0.39 is 23.8 Å². The first-order chi connectivity index (χ1) is 15.7. The van der Waals surface area contributed by atoms with Gasteiger partial charge in [0.2, 0.25) is 0 Å². The van der Waals surface area contributed by atoms with Crippen molar-refractivity contribution in [1.82, 2.24) is 25.2 Å². The van der Waals surface area contributed by atoms with Crippen molar-refractivity contribution in [3.8, 4) is 5.69 Å². The number of nitrogens with two attached hydrogens (primary N) is 1. The van der Waals surface area contributed by atoms with Crippen LogP contribution in [-0.4, -0.2) is 55.3 Å². The van der Waals surface area contributed by atoms with Gasteiger partial charge in [0.15, 0.2) is 0 Å². The lowest BCUT2D eigenvalue weighted by atomic mass is 10.0. The van der Waals surface area contributed by atoms with Crippen LogP contribution in [0.4, 0.5) is 4.79 Å². The van der Waals surface area contributed by atoms with Crippen LogP contribution in [0, 0.1) is 0 Å². The molecule has 0 fully saturated rings. The second kappa shape index (κ2) is 11.0. The zero-order valence-electron chi connectivity index (χ0n) is 19.3. The molecule has 2 atom stereocenters. The standard InChI is InChI=1S/C24H32N6O3/c1-24(2,3)33-23(32)28-29(15-22(31)21(25)13-18-7-5-4-6-8-18)14-19-9-11-20(12-10-19)30-17-26-16-27-30/h4-12,16-17,21-22,31H,13-15,25H2,1-3H3,(H,28,32)/t21-,22-/m0/s1. The molecule has 0 aliphatic heterocycles. The molecule has 0 bridgehead atoms. The van der Waals surface area contributed by atoms with E-state index in [1.54, 1.807) is 36.8 Å². The normalized spacial score (nSPS) is 13.5. The van der Waals surface area contributed by atoms with Crippen LogP contribution >= 0.6 is 0 Å². The van der Waals surface area contributed by atoms with E-state index in [0.29, 0.717) is 13.0 Å². The van der Waals surface area contributed by atoms with Gasteiger partial charge in [0, 0.05) is 19.1 Å². The summed E-state index contributed by atoms with van der Waals surface area (Å²) < 4.78 is 7.05. The van der Waals surface area contributed by atoms with Crippen LogP contribution in [0.2, 0.25) is 0 Å². The number of benzene rings is 2. The lowest BCUT2D eigenvalue weighted by Gasteiger charge is -2.29. The molecule has 9 nitrogen and oxygen atoms in total. The predicted octanol–water partition coefficient (Wildman–Crippen LogP) is 2.44. The van der Waals surface area contributed by atoms with Crippen molar-refractivity contribution in [3.63, 3.8) is 0 Å². The average molecular weight is 453 g/mol. The van der Waals surface area contributed by atoms with Crippen molar-refractivity contribution >= 4 is 6.09 Å². The van der Waals surface area contributed by atoms with Crippen molar-refractivity contribution in [2.75, 3.05) is 6.54 Å². The topological polar surface area (TPSA) is 119 Å². The van der Waals surface area contributed by atoms with Gasteiger partial charge in [-0.1, -0.05) is 42.5 Å². The average Bonchev–Trinajstić information content (AvgIpc) is 3.28. The number of nitrogens with zero attached hydrogens (tertiary/aromatic N) is 4. The Kier molecular flexibility index (Phi) is 8.16. The van der Waals surface area contributed by atoms with Crippen LogP contribution < -0.4 is 11.2 Å². The molecule has 1 heterocycles. The molecule has 4 N–H and O–H groups in total. The second-order valence-electron chi connectivity index (χ2n) is 8.92. The summed E-state index contributed by atoms with van der Waals surface area (Å²) in [5, 5.41) is 16.5. The Labute approximate surface area is 194 Å². The third kappa shape index (κ3) is 7.98. The SMILES string of the molecule is CC(C)(C)OC(=O)NN(Cc1ccc(-n2cncn2)cc1)C[C@H](O)[C@@H](N)Cc1ccccc1. The van der Waals surface area contributed by atoms with E-state index in [1.807, 2.05) is 54.6 Å². The minimum atomic E-state index is -0.866. The van der Waals surface area contributed by atoms with Gasteiger partial charge < -0.3 is 15.6 Å². The molecule has 0 spiro atoms. The molecule has 0 saturated heterocycles. The molecule has 1 aromatic heterocycles. The fraction of sp³-hybridized carbons (Fsp3) is 0.375. The van der Waals surface area contributed by atoms with Crippen molar-refractivity contribution in [1.29, 1.82) is 0 Å². The number of aliphatic hydroxyl groups excluding tert-OH is 1. The summed E-state index contributed by atoms with van der Waals surface area (Å²) in [5.41, 5.74) is 11.2. The van der Waals surface area contributed by atoms with E-state index in [-0.39, 0.29) is 6.54 Å². The van der Waals surface area contributed by atoms with Gasteiger partial charge in [-0.3, -0.25) is 5.43 Å². The summed E-state index contributed by atoms with van der Waals surface area (Å²) in [6.07, 6.45) is 2.16. The highest BCUT2D eigenvalue weighted by Gasteiger charge is 2.23. The number of aromatic nitrogens is 3. The molecule has 2 aromatic carbocycles. The molecule has 176 valence electrons. The predicted molar refractivity (Wildman–Crippen MR) is 125 cm³/mol. The number of ether oxygens (including phenoxy) is 1. The van der Waals surface area contributed by atoms with Crippen molar-refractivity contribution in [2.45, 2.75) is 51.5 Å². The zero-order valence-corrected chi connectivity index (χ0v) is 19.3. The largest absolute Gasteiger partial charge is 0.443 e. The Morgan fingerprint density at radius 3 is 2.45 bits per heavy atom. The van der Waals surface area contributed by atoms with Gasteiger partial charge in [-0.15, -0.1) is 0 Å². The van der Waals surface area contributed by atoms with Crippen LogP contribution in [-0.2, 0) is 17.7 Å². The van der Waals surface area contributed by atoms with Gasteiger partial charge in [0.25, 0.3) is 0 Å². The maximum atomic E-state index is 12.4. The van der Waals surface area contributed by atoms with Crippen LogP contribution in [0.15, 0.2) is 67.3 Å². The summed E-state index contributed by atoms with van der Waals surface area (Å²) >= 11 is 0. The number of hydrazine groups is 1. The van der Waals surface area contributed by atoms with Gasteiger partial charge in [0.1, 0.15) is 18.3 Å². The highest BCUT2D eigenvalue weighted by atomic mass is 16.6. The van der Waals surface area contributed by atoms with Crippen molar-refractivity contribution in [3.05, 3.63) is 78.4 Å². The van der Waals surface area contributed by atoms with Crippen LogP contribution in [0.5, 0.6) is 0 Å². The molecule has 3 rings (SSSR count). The first-order valence-corrected chi connectivity index (χ1v) is 10.9. The number of carbonyl (C=O) groups excluding carboxylic acids is 1. The van der Waals surface area contributed by atoms with E-state index in [9.17, 15) is 9.90 Å². The highest BCUT2D eigenvalue weighted by Crippen LogP contribution is 2.12. The third-order valence-electron chi connectivity index (χ3n) is 4.86. The summed E-state index contributed by atoms with van der Waals surface area (Å²) in [4.78, 5) is 16.4. The van der Waals surface area contributed by atoms with Gasteiger partial charge >= 0.3 is 6.09 Å². The minimum absolute atomic E-state index is 0.137. The molecule has 0 unspecified atom stereocenters. The third-order valence-corrected chi connectivity index (χ3v) is 4.86. The fourth-order valence-corrected chi connectivity index (χ4v) is 3.28. The van der Waals surface area contributed by atoms with Gasteiger partial charge in [-0.05, 0) is 50.5 Å². The van der Waals surface area contributed by atoms with Crippen LogP contribution in [0.25, 0.3) is 5.69 Å². The molecule has 9 heteroatoms. The Hall–Kier alpha value is -3.27. The molecule has 0 aliphatic rings. The van der Waals surface area contributed by atoms with E-state index in [0.717, 1.165) is 16.8 Å². The molecule has 1 amide bonds. The summed E-state index contributed by atoms with van der Waals surface area (Å²) in [7, 11) is 0. The fourth-order valence-electron chi connectivity index (χ4n) is 3.28. The maximum absolute atomic E-state index is 12.4. The van der Waals surface area contributed by atoms with Gasteiger partial charge in [-0.2, -0.15) is 5.10 Å². The van der Waals surface area contributed by atoms with Crippen molar-refractivity contribution < 1.29 is 14.6 Å². The number of nitrogens with one attached hydrogen (secondary N) is 1. The minimum Gasteiger partial charge on any atom is -0.443 e. The zero-order chi connectivity index (χ0) is 23.8. The number of hydrogen-bond donors (Lipinski definition) is 3. The summed E-state index contributed by atoms with van der Waals surface area (Å²) in [6, 6.07) is 16.9. The Morgan fingerprint density at radius 1 is 1.15 bits per heavy atom. The maximum Gasteiger partial charge on any atom is 0.422 e. The smallest absolute Gasteiger partial charge is 0.422 e. The van der Waals surface area contributed by atoms with Crippen LogP contribution in [0.3, 0.4) is 0 Å². The second-order valence-corrected chi connectivity index (χ2v) is 8.92. The molecule has 0 radical (unpaired) electrons. The Morgan fingerprint density at radius 2 is 1.85 bits per heavy atom. The molecular weight excluding hydrogens is 420 g/mol. The number of rotatable bonds is 9. The summed E-state index contributed by atoms with van der Waals surface area (Å²) in [5.74, 6) is 0. The lowest BCUT2D eigenvalue weighted by molar-refractivity contribution is 0.0171. The number of carbonyl (C=O) groups is 1. The Balaban J connectivity index is 1.67. The molecule has 3 aromatic rings. The highest BCUT2D eigenvalue weighted by molar-refractivity contribution is 5.67. The number of amides is 1. The first kappa shape index (κ1) is 24.4. The molecule has 33 heavy (non-hydrogen) atoms. The van der Waals surface area contributed by atoms with E-state index in [1.165, 1.54) is 6.33 Å². The van der Waals surface area contributed by atoms with E-state index in [4.69, 9.17) is 10.5 Å². The molecular formula is C24H32N6O3. The van der Waals surface area contributed by atoms with Gasteiger partial charge in [-0.25, -0.2) is 19.5 Å². The van der Waals surface area contributed by atoms with E-state index in [2.05, 4.69) is 15.5 Å². The quantitative estimate of drug-likeness (QED) is 0.427.